The van der Waals surface area contributed by atoms with Crippen molar-refractivity contribution in [1.82, 2.24) is 25.3 Å². The van der Waals surface area contributed by atoms with Crippen molar-refractivity contribution in [3.8, 4) is 17.0 Å². The van der Waals surface area contributed by atoms with E-state index in [2.05, 4.69) is 32.7 Å². The first kappa shape index (κ1) is 17.7. The topological polar surface area (TPSA) is 130 Å². The normalized spacial score (nSPS) is 14.4. The van der Waals surface area contributed by atoms with Crippen molar-refractivity contribution in [2.24, 2.45) is 0 Å². The van der Waals surface area contributed by atoms with Crippen molar-refractivity contribution in [3.63, 3.8) is 0 Å². The van der Waals surface area contributed by atoms with E-state index >= 15 is 0 Å². The van der Waals surface area contributed by atoms with Gasteiger partial charge in [-0.1, -0.05) is 35.5 Å². The van der Waals surface area contributed by atoms with Gasteiger partial charge in [0.2, 0.25) is 0 Å². The Morgan fingerprint density at radius 2 is 1.96 bits per heavy atom. The monoisotopic (exact) mass is 379 g/mol. The lowest BCUT2D eigenvalue weighted by Crippen LogP contribution is -2.29. The number of aromatic nitrogens is 4. The molecule has 2 aromatic heterocycles. The number of hydrogen-bond acceptors (Lipinski definition) is 6. The van der Waals surface area contributed by atoms with E-state index in [9.17, 15) is 14.7 Å². The SMILES string of the molecule is O=C(O)CNC(=O)c1ncc(-c2cn(C3(c4ccccc4)CC3)nn2)cc1O. The molecule has 3 aromatic rings. The molecule has 0 radical (unpaired) electrons. The fourth-order valence-corrected chi connectivity index (χ4v) is 3.13. The van der Waals surface area contributed by atoms with Crippen molar-refractivity contribution in [2.75, 3.05) is 6.54 Å². The largest absolute Gasteiger partial charge is 0.505 e. The summed E-state index contributed by atoms with van der Waals surface area (Å²) in [5.41, 5.74) is 1.74. The maximum absolute atomic E-state index is 11.9. The van der Waals surface area contributed by atoms with Gasteiger partial charge in [0.15, 0.2) is 5.69 Å². The molecule has 1 saturated carbocycles. The van der Waals surface area contributed by atoms with Gasteiger partial charge in [-0.15, -0.1) is 5.10 Å². The second kappa shape index (κ2) is 6.76. The van der Waals surface area contributed by atoms with Crippen LogP contribution in [0.4, 0.5) is 0 Å². The van der Waals surface area contributed by atoms with Crippen LogP contribution >= 0.6 is 0 Å². The van der Waals surface area contributed by atoms with Crippen molar-refractivity contribution in [2.45, 2.75) is 18.4 Å². The van der Waals surface area contributed by atoms with Crippen LogP contribution in [0.15, 0.2) is 48.8 Å². The zero-order valence-electron chi connectivity index (χ0n) is 14.7. The highest BCUT2D eigenvalue weighted by atomic mass is 16.4. The van der Waals surface area contributed by atoms with Gasteiger partial charge >= 0.3 is 5.97 Å². The summed E-state index contributed by atoms with van der Waals surface area (Å²) in [6, 6.07) is 11.4. The summed E-state index contributed by atoms with van der Waals surface area (Å²) in [6.07, 6.45) is 5.12. The summed E-state index contributed by atoms with van der Waals surface area (Å²) in [5.74, 6) is -2.32. The fraction of sp³-hybridized carbons (Fsp3) is 0.211. The van der Waals surface area contributed by atoms with Gasteiger partial charge in [-0.25, -0.2) is 9.67 Å². The lowest BCUT2D eigenvalue weighted by Gasteiger charge is -2.15. The van der Waals surface area contributed by atoms with Gasteiger partial charge in [0.05, 0.1) is 11.7 Å². The standard InChI is InChI=1S/C19H17N5O4/c25-15-8-12(9-20-17(15)18(28)21-10-16(26)27)14-11-24(23-22-14)19(6-7-19)13-4-2-1-3-5-13/h1-5,8-9,11,25H,6-7,10H2,(H,21,28)(H,26,27). The van der Waals surface area contributed by atoms with Gasteiger partial charge in [0.25, 0.3) is 5.91 Å². The van der Waals surface area contributed by atoms with Crippen molar-refractivity contribution >= 4 is 11.9 Å². The molecule has 142 valence electrons. The lowest BCUT2D eigenvalue weighted by atomic mass is 10.1. The third kappa shape index (κ3) is 3.18. The summed E-state index contributed by atoms with van der Waals surface area (Å²) >= 11 is 0. The van der Waals surface area contributed by atoms with Crippen LogP contribution in [-0.2, 0) is 10.3 Å². The van der Waals surface area contributed by atoms with Crippen LogP contribution in [0.1, 0.15) is 28.9 Å². The summed E-state index contributed by atoms with van der Waals surface area (Å²) in [5, 5.41) is 29.3. The first-order valence-corrected chi connectivity index (χ1v) is 8.67. The summed E-state index contributed by atoms with van der Waals surface area (Å²) in [7, 11) is 0. The predicted octanol–water partition coefficient (Wildman–Crippen LogP) is 1.40. The Bertz CT molecular complexity index is 1040. The average Bonchev–Trinajstić information content (AvgIpc) is 3.36. The molecular formula is C19H17N5O4. The molecule has 0 saturated heterocycles. The molecule has 0 unspecified atom stereocenters. The van der Waals surface area contributed by atoms with E-state index in [-0.39, 0.29) is 17.0 Å². The van der Waals surface area contributed by atoms with Crippen molar-refractivity contribution in [3.05, 3.63) is 60.0 Å². The van der Waals surface area contributed by atoms with Crippen LogP contribution in [0, 0.1) is 0 Å². The smallest absolute Gasteiger partial charge is 0.322 e. The Balaban J connectivity index is 1.57. The first-order valence-electron chi connectivity index (χ1n) is 8.67. The minimum Gasteiger partial charge on any atom is -0.505 e. The van der Waals surface area contributed by atoms with Crippen LogP contribution in [-0.4, -0.2) is 48.6 Å². The van der Waals surface area contributed by atoms with E-state index in [1.165, 1.54) is 12.3 Å². The molecule has 0 atom stereocenters. The van der Waals surface area contributed by atoms with Gasteiger partial charge < -0.3 is 15.5 Å². The highest BCUT2D eigenvalue weighted by Gasteiger charge is 2.47. The molecule has 9 heteroatoms. The van der Waals surface area contributed by atoms with E-state index in [4.69, 9.17) is 5.11 Å². The third-order valence-electron chi connectivity index (χ3n) is 4.75. The molecule has 0 bridgehead atoms. The molecule has 28 heavy (non-hydrogen) atoms. The van der Waals surface area contributed by atoms with Crippen LogP contribution < -0.4 is 5.32 Å². The van der Waals surface area contributed by atoms with E-state index in [0.717, 1.165) is 18.4 Å². The molecule has 1 aliphatic rings. The van der Waals surface area contributed by atoms with Crippen LogP contribution in [0.5, 0.6) is 5.75 Å². The quantitative estimate of drug-likeness (QED) is 0.590. The number of amides is 1. The summed E-state index contributed by atoms with van der Waals surface area (Å²) in [6.45, 7) is -0.558. The number of carbonyl (C=O) groups excluding carboxylic acids is 1. The minimum atomic E-state index is -1.19. The molecule has 0 aliphatic heterocycles. The Morgan fingerprint density at radius 3 is 2.61 bits per heavy atom. The second-order valence-corrected chi connectivity index (χ2v) is 6.61. The maximum Gasteiger partial charge on any atom is 0.322 e. The lowest BCUT2D eigenvalue weighted by molar-refractivity contribution is -0.135. The Morgan fingerprint density at radius 1 is 1.21 bits per heavy atom. The molecule has 1 amide bonds. The highest BCUT2D eigenvalue weighted by molar-refractivity contribution is 5.96. The average molecular weight is 379 g/mol. The predicted molar refractivity (Wildman–Crippen MR) is 97.6 cm³/mol. The number of nitrogens with zero attached hydrogens (tertiary/aromatic N) is 4. The number of pyridine rings is 1. The zero-order valence-corrected chi connectivity index (χ0v) is 14.7. The van der Waals surface area contributed by atoms with E-state index in [1.54, 1.807) is 6.20 Å². The molecule has 2 heterocycles. The number of aromatic hydroxyl groups is 1. The van der Waals surface area contributed by atoms with Gasteiger partial charge in [-0.05, 0) is 24.5 Å². The summed E-state index contributed by atoms with van der Waals surface area (Å²) < 4.78 is 1.82. The number of hydrogen-bond donors (Lipinski definition) is 3. The van der Waals surface area contributed by atoms with E-state index in [1.807, 2.05) is 22.9 Å². The number of aliphatic carboxylic acids is 1. The van der Waals surface area contributed by atoms with Crippen LogP contribution in [0.3, 0.4) is 0 Å². The number of carboxylic acids is 1. The highest BCUT2D eigenvalue weighted by Crippen LogP contribution is 2.49. The molecule has 0 spiro atoms. The minimum absolute atomic E-state index is 0.196. The molecule has 9 nitrogen and oxygen atoms in total. The molecule has 3 N–H and O–H groups in total. The number of carboxylic acid groups (broad SMARTS) is 1. The molecule has 1 aromatic carbocycles. The maximum atomic E-state index is 11.9. The molecular weight excluding hydrogens is 362 g/mol. The second-order valence-electron chi connectivity index (χ2n) is 6.61. The summed E-state index contributed by atoms with van der Waals surface area (Å²) in [4.78, 5) is 26.4. The third-order valence-corrected chi connectivity index (χ3v) is 4.75. The first-order chi connectivity index (χ1) is 13.5. The van der Waals surface area contributed by atoms with E-state index in [0.29, 0.717) is 11.3 Å². The van der Waals surface area contributed by atoms with Gasteiger partial charge in [-0.2, -0.15) is 0 Å². The molecule has 4 rings (SSSR count). The fourth-order valence-electron chi connectivity index (χ4n) is 3.13. The Labute approximate surface area is 159 Å². The number of benzene rings is 1. The Kier molecular flexibility index (Phi) is 4.26. The Hall–Kier alpha value is -3.75. The number of rotatable bonds is 6. The van der Waals surface area contributed by atoms with Crippen molar-refractivity contribution in [1.29, 1.82) is 0 Å². The van der Waals surface area contributed by atoms with Gasteiger partial charge in [-0.3, -0.25) is 9.59 Å². The molecule has 1 fully saturated rings. The van der Waals surface area contributed by atoms with Gasteiger partial charge in [0.1, 0.15) is 18.0 Å². The molecule has 1 aliphatic carbocycles. The number of nitrogens with one attached hydrogen (secondary N) is 1. The van der Waals surface area contributed by atoms with Crippen LogP contribution in [0.25, 0.3) is 11.3 Å². The number of carbonyl (C=O) groups is 2. The van der Waals surface area contributed by atoms with Gasteiger partial charge in [0, 0.05) is 11.8 Å². The van der Waals surface area contributed by atoms with Crippen LogP contribution in [0.2, 0.25) is 0 Å². The van der Waals surface area contributed by atoms with E-state index < -0.39 is 18.4 Å². The van der Waals surface area contributed by atoms with Crippen molar-refractivity contribution < 1.29 is 19.8 Å². The zero-order chi connectivity index (χ0) is 19.7.